The number of fused-ring (bicyclic) bond motifs is 1. The van der Waals surface area contributed by atoms with E-state index in [-0.39, 0.29) is 5.91 Å². The van der Waals surface area contributed by atoms with E-state index < -0.39 is 0 Å². The maximum atomic E-state index is 12.4. The zero-order chi connectivity index (χ0) is 17.1. The van der Waals surface area contributed by atoms with E-state index in [1.165, 1.54) is 10.9 Å². The van der Waals surface area contributed by atoms with Crippen LogP contribution in [0, 0.1) is 6.92 Å². The summed E-state index contributed by atoms with van der Waals surface area (Å²) in [5, 5.41) is 8.58. The Morgan fingerprint density at radius 2 is 2.17 bits per heavy atom. The molecule has 1 aromatic carbocycles. The molecule has 1 unspecified atom stereocenters. The molecule has 0 saturated heterocycles. The molecule has 3 rings (SSSR count). The summed E-state index contributed by atoms with van der Waals surface area (Å²) < 4.78 is 1.93. The van der Waals surface area contributed by atoms with Crippen LogP contribution in [0.1, 0.15) is 47.9 Å². The molecule has 5 heteroatoms. The number of hydrogen-bond donors (Lipinski definition) is 2. The molecule has 1 atom stereocenters. The second-order valence-electron chi connectivity index (χ2n) is 6.21. The highest BCUT2D eigenvalue weighted by atomic mass is 16.1. The summed E-state index contributed by atoms with van der Waals surface area (Å²) in [5.74, 6) is -0.0538. The van der Waals surface area contributed by atoms with Crippen molar-refractivity contribution in [3.63, 3.8) is 0 Å². The van der Waals surface area contributed by atoms with Gasteiger partial charge in [-0.2, -0.15) is 5.10 Å². The van der Waals surface area contributed by atoms with Crippen LogP contribution in [-0.4, -0.2) is 27.2 Å². The fourth-order valence-corrected chi connectivity index (χ4v) is 3.01. The van der Waals surface area contributed by atoms with E-state index in [1.54, 1.807) is 6.20 Å². The van der Waals surface area contributed by atoms with Gasteiger partial charge >= 0.3 is 0 Å². The number of nitrogens with zero attached hydrogens (tertiary/aromatic N) is 2. The minimum absolute atomic E-state index is 0.0538. The molecule has 0 radical (unpaired) electrons. The molecule has 3 aromatic rings. The number of H-pyrrole nitrogens is 1. The summed E-state index contributed by atoms with van der Waals surface area (Å²) in [5.41, 5.74) is 3.94. The lowest BCUT2D eigenvalue weighted by molar-refractivity contribution is 0.0953. The largest absolute Gasteiger partial charge is 0.361 e. The Labute approximate surface area is 142 Å². The zero-order valence-electron chi connectivity index (χ0n) is 14.5. The van der Waals surface area contributed by atoms with Gasteiger partial charge in [0.05, 0.1) is 11.8 Å². The van der Waals surface area contributed by atoms with Crippen molar-refractivity contribution in [2.75, 3.05) is 6.54 Å². The first-order chi connectivity index (χ1) is 11.6. The third-order valence-electron chi connectivity index (χ3n) is 4.65. The highest BCUT2D eigenvalue weighted by Crippen LogP contribution is 2.18. The number of benzene rings is 1. The van der Waals surface area contributed by atoms with Crippen molar-refractivity contribution in [2.45, 2.75) is 39.7 Å². The molecule has 5 nitrogen and oxygen atoms in total. The minimum atomic E-state index is -0.0538. The molecule has 0 fully saturated rings. The molecule has 0 bridgehead atoms. The first kappa shape index (κ1) is 16.3. The van der Waals surface area contributed by atoms with Gasteiger partial charge in [-0.1, -0.05) is 25.1 Å². The van der Waals surface area contributed by atoms with E-state index in [0.29, 0.717) is 18.2 Å². The predicted octanol–water partition coefficient (Wildman–Crippen LogP) is 3.62. The number of carbonyl (C=O) groups is 1. The van der Waals surface area contributed by atoms with E-state index >= 15 is 0 Å². The van der Waals surface area contributed by atoms with Crippen LogP contribution in [-0.2, 0) is 6.42 Å². The van der Waals surface area contributed by atoms with Gasteiger partial charge in [-0.05, 0) is 38.3 Å². The van der Waals surface area contributed by atoms with Gasteiger partial charge < -0.3 is 10.3 Å². The first-order valence-electron chi connectivity index (χ1n) is 8.49. The summed E-state index contributed by atoms with van der Waals surface area (Å²) in [6, 6.07) is 8.51. The average molecular weight is 324 g/mol. The van der Waals surface area contributed by atoms with Crippen molar-refractivity contribution in [1.82, 2.24) is 20.1 Å². The van der Waals surface area contributed by atoms with E-state index in [1.807, 2.05) is 29.9 Å². The van der Waals surface area contributed by atoms with Crippen LogP contribution in [0.25, 0.3) is 10.9 Å². The molecular formula is C19H24N4O. The molecule has 24 heavy (non-hydrogen) atoms. The summed E-state index contributed by atoms with van der Waals surface area (Å²) in [7, 11) is 0. The van der Waals surface area contributed by atoms with Crippen molar-refractivity contribution in [1.29, 1.82) is 0 Å². The van der Waals surface area contributed by atoms with E-state index in [9.17, 15) is 4.79 Å². The van der Waals surface area contributed by atoms with Gasteiger partial charge in [-0.3, -0.25) is 9.48 Å². The van der Waals surface area contributed by atoms with E-state index in [0.717, 1.165) is 24.1 Å². The van der Waals surface area contributed by atoms with E-state index in [2.05, 4.69) is 41.4 Å². The number of aromatic amines is 1. The minimum Gasteiger partial charge on any atom is -0.361 e. The van der Waals surface area contributed by atoms with Gasteiger partial charge in [0.2, 0.25) is 0 Å². The van der Waals surface area contributed by atoms with Crippen molar-refractivity contribution in [2.24, 2.45) is 0 Å². The molecule has 1 amide bonds. The van der Waals surface area contributed by atoms with Crippen molar-refractivity contribution in [3.05, 3.63) is 53.5 Å². The number of aromatic nitrogens is 3. The number of hydrogen-bond acceptors (Lipinski definition) is 2. The van der Waals surface area contributed by atoms with Crippen LogP contribution in [0.2, 0.25) is 0 Å². The van der Waals surface area contributed by atoms with Crippen LogP contribution in [0.5, 0.6) is 0 Å². The van der Waals surface area contributed by atoms with Gasteiger partial charge in [0.15, 0.2) is 0 Å². The molecule has 0 aliphatic heterocycles. The summed E-state index contributed by atoms with van der Waals surface area (Å²) in [6.45, 7) is 6.79. The van der Waals surface area contributed by atoms with Crippen LogP contribution in [0.15, 0.2) is 36.7 Å². The maximum absolute atomic E-state index is 12.4. The molecule has 2 heterocycles. The monoisotopic (exact) mass is 324 g/mol. The van der Waals surface area contributed by atoms with Crippen LogP contribution in [0.4, 0.5) is 0 Å². The normalized spacial score (nSPS) is 12.5. The Morgan fingerprint density at radius 3 is 2.96 bits per heavy atom. The fourth-order valence-electron chi connectivity index (χ4n) is 3.01. The molecule has 2 aromatic heterocycles. The van der Waals surface area contributed by atoms with Crippen molar-refractivity contribution < 1.29 is 4.79 Å². The number of nitrogens with one attached hydrogen (secondary N) is 2. The zero-order valence-corrected chi connectivity index (χ0v) is 14.5. The molecule has 0 aliphatic carbocycles. The first-order valence-corrected chi connectivity index (χ1v) is 8.49. The van der Waals surface area contributed by atoms with E-state index in [4.69, 9.17) is 0 Å². The second-order valence-corrected chi connectivity index (χ2v) is 6.21. The van der Waals surface area contributed by atoms with Crippen molar-refractivity contribution >= 4 is 16.8 Å². The van der Waals surface area contributed by atoms with Gasteiger partial charge in [0.1, 0.15) is 0 Å². The SMILES string of the molecule is CCC(C)n1ncc(C(=O)NCCc2c[nH]c3ccccc23)c1C. The number of para-hydroxylation sites is 1. The fraction of sp³-hybridized carbons (Fsp3) is 0.368. The Hall–Kier alpha value is -2.56. The summed E-state index contributed by atoms with van der Waals surface area (Å²) >= 11 is 0. The van der Waals surface area contributed by atoms with Gasteiger partial charge in [-0.15, -0.1) is 0 Å². The molecule has 0 aliphatic rings. The van der Waals surface area contributed by atoms with Crippen molar-refractivity contribution in [3.8, 4) is 0 Å². The van der Waals surface area contributed by atoms with Crippen LogP contribution in [0.3, 0.4) is 0 Å². The Morgan fingerprint density at radius 1 is 1.38 bits per heavy atom. The number of amides is 1. The standard InChI is InChI=1S/C19H24N4O/c1-4-13(2)23-14(3)17(12-22-23)19(24)20-10-9-15-11-21-18-8-6-5-7-16(15)18/h5-8,11-13,21H,4,9-10H2,1-3H3,(H,20,24). The molecule has 0 saturated carbocycles. The summed E-state index contributed by atoms with van der Waals surface area (Å²) in [6.07, 6.45) is 5.48. The Balaban J connectivity index is 1.63. The molecular weight excluding hydrogens is 300 g/mol. The van der Waals surface area contributed by atoms with Gasteiger partial charge in [-0.25, -0.2) is 0 Å². The quantitative estimate of drug-likeness (QED) is 0.727. The average Bonchev–Trinajstić information content (AvgIpc) is 3.18. The third kappa shape index (κ3) is 3.07. The van der Waals surface area contributed by atoms with Gasteiger partial charge in [0, 0.05) is 35.4 Å². The third-order valence-corrected chi connectivity index (χ3v) is 4.65. The topological polar surface area (TPSA) is 62.7 Å². The lowest BCUT2D eigenvalue weighted by atomic mass is 10.1. The summed E-state index contributed by atoms with van der Waals surface area (Å²) in [4.78, 5) is 15.7. The molecule has 126 valence electrons. The number of rotatable bonds is 6. The van der Waals surface area contributed by atoms with Crippen LogP contribution < -0.4 is 5.32 Å². The predicted molar refractivity (Wildman–Crippen MR) is 96.3 cm³/mol. The highest BCUT2D eigenvalue weighted by Gasteiger charge is 2.16. The molecule has 0 spiro atoms. The van der Waals surface area contributed by atoms with Gasteiger partial charge in [0.25, 0.3) is 5.91 Å². The Kier molecular flexibility index (Phi) is 4.69. The lowest BCUT2D eigenvalue weighted by Gasteiger charge is -2.12. The number of carbonyl (C=O) groups excluding carboxylic acids is 1. The smallest absolute Gasteiger partial charge is 0.254 e. The lowest BCUT2D eigenvalue weighted by Crippen LogP contribution is -2.26. The second kappa shape index (κ2) is 6.91. The molecule has 2 N–H and O–H groups in total. The van der Waals surface area contributed by atoms with Crippen LogP contribution >= 0.6 is 0 Å². The maximum Gasteiger partial charge on any atom is 0.254 e. The highest BCUT2D eigenvalue weighted by molar-refractivity contribution is 5.95. The Bertz CT molecular complexity index is 846.